The van der Waals surface area contributed by atoms with Crippen LogP contribution in [0.5, 0.6) is 5.75 Å². The molecule has 88 valence electrons. The Hall–Kier alpha value is -1.25. The van der Waals surface area contributed by atoms with Crippen LogP contribution in [0.15, 0.2) is 12.3 Å². The topological polar surface area (TPSA) is 34.1 Å². The van der Waals surface area contributed by atoms with Gasteiger partial charge in [0.1, 0.15) is 5.75 Å². The summed E-state index contributed by atoms with van der Waals surface area (Å²) in [4.78, 5) is 4.51. The number of pyridine rings is 1. The molecular formula is C13H20N2O. The van der Waals surface area contributed by atoms with E-state index >= 15 is 0 Å². The van der Waals surface area contributed by atoms with Crippen molar-refractivity contribution in [3.8, 4) is 5.75 Å². The zero-order valence-corrected chi connectivity index (χ0v) is 10.5. The van der Waals surface area contributed by atoms with E-state index in [1.165, 1.54) is 12.8 Å². The third-order valence-corrected chi connectivity index (χ3v) is 2.67. The Morgan fingerprint density at radius 2 is 2.06 bits per heavy atom. The van der Waals surface area contributed by atoms with Gasteiger partial charge in [0, 0.05) is 18.5 Å². The molecule has 2 rings (SSSR count). The minimum Gasteiger partial charge on any atom is -0.489 e. The van der Waals surface area contributed by atoms with Gasteiger partial charge < -0.3 is 10.1 Å². The molecule has 1 heterocycles. The molecule has 16 heavy (non-hydrogen) atoms. The van der Waals surface area contributed by atoms with Gasteiger partial charge in [-0.2, -0.15) is 0 Å². The third-order valence-electron chi connectivity index (χ3n) is 2.67. The fourth-order valence-electron chi connectivity index (χ4n) is 1.68. The molecule has 1 N–H and O–H groups in total. The lowest BCUT2D eigenvalue weighted by atomic mass is 9.90. The zero-order valence-electron chi connectivity index (χ0n) is 10.5. The summed E-state index contributed by atoms with van der Waals surface area (Å²) in [6.45, 7) is 6.49. The Morgan fingerprint density at radius 1 is 1.38 bits per heavy atom. The van der Waals surface area contributed by atoms with Crippen molar-refractivity contribution >= 4 is 5.69 Å². The first-order valence-electron chi connectivity index (χ1n) is 5.85. The lowest BCUT2D eigenvalue weighted by Crippen LogP contribution is -2.16. The van der Waals surface area contributed by atoms with Crippen LogP contribution in [0.2, 0.25) is 0 Å². The van der Waals surface area contributed by atoms with Gasteiger partial charge in [-0.15, -0.1) is 0 Å². The fraction of sp³-hybridized carbons (Fsp3) is 0.615. The van der Waals surface area contributed by atoms with E-state index in [9.17, 15) is 0 Å². The van der Waals surface area contributed by atoms with Crippen molar-refractivity contribution in [3.63, 3.8) is 0 Å². The summed E-state index contributed by atoms with van der Waals surface area (Å²) in [5.74, 6) is 0.875. The Balaban J connectivity index is 2.26. The van der Waals surface area contributed by atoms with Gasteiger partial charge in [-0.3, -0.25) is 4.98 Å². The van der Waals surface area contributed by atoms with Crippen molar-refractivity contribution in [1.82, 2.24) is 4.98 Å². The summed E-state index contributed by atoms with van der Waals surface area (Å²) in [6.07, 6.45) is 4.61. The number of aromatic nitrogens is 1. The second kappa shape index (κ2) is 3.96. The number of rotatable bonds is 3. The Bertz CT molecular complexity index is 378. The van der Waals surface area contributed by atoms with Gasteiger partial charge in [0.15, 0.2) is 0 Å². The van der Waals surface area contributed by atoms with Gasteiger partial charge in [-0.1, -0.05) is 20.8 Å². The van der Waals surface area contributed by atoms with E-state index in [0.717, 1.165) is 17.1 Å². The first-order chi connectivity index (χ1) is 7.50. The molecule has 0 bridgehead atoms. The highest BCUT2D eigenvalue weighted by atomic mass is 16.5. The van der Waals surface area contributed by atoms with E-state index in [0.29, 0.717) is 6.10 Å². The second-order valence-electron chi connectivity index (χ2n) is 5.38. The SMILES string of the molecule is CNc1cc(OC2CC2)cnc1C(C)(C)C. The molecule has 0 unspecified atom stereocenters. The van der Waals surface area contributed by atoms with Crippen LogP contribution in [0.3, 0.4) is 0 Å². The normalized spacial score (nSPS) is 16.0. The molecule has 1 saturated carbocycles. The van der Waals surface area contributed by atoms with Crippen molar-refractivity contribution < 1.29 is 4.74 Å². The first-order valence-corrected chi connectivity index (χ1v) is 5.85. The van der Waals surface area contributed by atoms with Crippen molar-refractivity contribution in [2.75, 3.05) is 12.4 Å². The molecule has 3 nitrogen and oxygen atoms in total. The molecule has 1 fully saturated rings. The van der Waals surface area contributed by atoms with E-state index in [2.05, 4.69) is 31.1 Å². The largest absolute Gasteiger partial charge is 0.489 e. The molecule has 0 aliphatic heterocycles. The third kappa shape index (κ3) is 2.46. The van der Waals surface area contributed by atoms with Crippen molar-refractivity contribution in [2.45, 2.75) is 45.1 Å². The molecule has 1 aliphatic rings. The minimum atomic E-state index is 0.0520. The van der Waals surface area contributed by atoms with Crippen molar-refractivity contribution in [3.05, 3.63) is 18.0 Å². The van der Waals surface area contributed by atoms with Crippen LogP contribution >= 0.6 is 0 Å². The summed E-state index contributed by atoms with van der Waals surface area (Å²) in [7, 11) is 1.92. The number of hydrogen-bond acceptors (Lipinski definition) is 3. The van der Waals surface area contributed by atoms with Crippen molar-refractivity contribution in [2.24, 2.45) is 0 Å². The number of hydrogen-bond donors (Lipinski definition) is 1. The molecule has 0 saturated heterocycles. The Kier molecular flexibility index (Phi) is 2.78. The first kappa shape index (κ1) is 11.2. The van der Waals surface area contributed by atoms with Gasteiger partial charge in [0.2, 0.25) is 0 Å². The molecule has 1 aromatic heterocycles. The fourth-order valence-corrected chi connectivity index (χ4v) is 1.68. The molecular weight excluding hydrogens is 200 g/mol. The summed E-state index contributed by atoms with van der Waals surface area (Å²) in [5.41, 5.74) is 2.19. The van der Waals surface area contributed by atoms with Crippen molar-refractivity contribution in [1.29, 1.82) is 0 Å². The standard InChI is InChI=1S/C13H20N2O/c1-13(2,3)12-11(14-4)7-10(8-15-12)16-9-5-6-9/h7-9,14H,5-6H2,1-4H3. The van der Waals surface area contributed by atoms with E-state index in [-0.39, 0.29) is 5.41 Å². The molecule has 0 spiro atoms. The van der Waals surface area contributed by atoms with Gasteiger partial charge in [0.25, 0.3) is 0 Å². The summed E-state index contributed by atoms with van der Waals surface area (Å²) in [6, 6.07) is 2.05. The molecule has 0 radical (unpaired) electrons. The summed E-state index contributed by atoms with van der Waals surface area (Å²) >= 11 is 0. The maximum Gasteiger partial charge on any atom is 0.140 e. The average molecular weight is 220 g/mol. The molecule has 1 aromatic rings. The number of nitrogens with one attached hydrogen (secondary N) is 1. The van der Waals surface area contributed by atoms with E-state index in [1.54, 1.807) is 0 Å². The van der Waals surface area contributed by atoms with E-state index < -0.39 is 0 Å². The van der Waals surface area contributed by atoms with Gasteiger partial charge in [-0.25, -0.2) is 0 Å². The lowest BCUT2D eigenvalue weighted by Gasteiger charge is -2.21. The monoisotopic (exact) mass is 220 g/mol. The maximum absolute atomic E-state index is 5.73. The van der Waals surface area contributed by atoms with Crippen LogP contribution in [0.25, 0.3) is 0 Å². The summed E-state index contributed by atoms with van der Waals surface area (Å²) in [5, 5.41) is 3.19. The zero-order chi connectivity index (χ0) is 11.8. The van der Waals surface area contributed by atoms with Crippen LogP contribution in [-0.2, 0) is 5.41 Å². The van der Waals surface area contributed by atoms with Gasteiger partial charge in [-0.05, 0) is 12.8 Å². The maximum atomic E-state index is 5.73. The van der Waals surface area contributed by atoms with Crippen LogP contribution in [0.4, 0.5) is 5.69 Å². The van der Waals surface area contributed by atoms with Crippen LogP contribution < -0.4 is 10.1 Å². The van der Waals surface area contributed by atoms with E-state index in [1.807, 2.05) is 19.3 Å². The minimum absolute atomic E-state index is 0.0520. The quantitative estimate of drug-likeness (QED) is 0.850. The molecule has 3 heteroatoms. The average Bonchev–Trinajstić information content (AvgIpc) is 3.00. The molecule has 1 aliphatic carbocycles. The van der Waals surface area contributed by atoms with Crippen LogP contribution in [-0.4, -0.2) is 18.1 Å². The predicted octanol–water partition coefficient (Wildman–Crippen LogP) is 2.96. The number of ether oxygens (including phenoxy) is 1. The van der Waals surface area contributed by atoms with Gasteiger partial charge in [0.05, 0.1) is 23.7 Å². The Morgan fingerprint density at radius 3 is 2.56 bits per heavy atom. The van der Waals surface area contributed by atoms with E-state index in [4.69, 9.17) is 4.74 Å². The molecule has 0 atom stereocenters. The van der Waals surface area contributed by atoms with Gasteiger partial charge >= 0.3 is 0 Å². The predicted molar refractivity (Wildman–Crippen MR) is 66.1 cm³/mol. The highest BCUT2D eigenvalue weighted by Crippen LogP contribution is 2.32. The number of anilines is 1. The van der Waals surface area contributed by atoms with Crippen LogP contribution in [0.1, 0.15) is 39.3 Å². The summed E-state index contributed by atoms with van der Waals surface area (Å²) < 4.78 is 5.73. The second-order valence-corrected chi connectivity index (χ2v) is 5.38. The highest BCUT2D eigenvalue weighted by Gasteiger charge is 2.25. The Labute approximate surface area is 97.2 Å². The van der Waals surface area contributed by atoms with Crippen LogP contribution in [0, 0.1) is 0 Å². The lowest BCUT2D eigenvalue weighted by molar-refractivity contribution is 0.301. The molecule has 0 amide bonds. The molecule has 0 aromatic carbocycles. The highest BCUT2D eigenvalue weighted by molar-refractivity contribution is 5.53. The number of nitrogens with zero attached hydrogens (tertiary/aromatic N) is 1. The smallest absolute Gasteiger partial charge is 0.140 e.